The van der Waals surface area contributed by atoms with Gasteiger partial charge in [-0.15, -0.1) is 24.9 Å². The molecule has 2 aromatic carbocycles. The molecule has 3 rings (SSSR count). The van der Waals surface area contributed by atoms with Gasteiger partial charge < -0.3 is 15.4 Å². The molecule has 0 saturated heterocycles. The van der Waals surface area contributed by atoms with E-state index in [1.54, 1.807) is 6.07 Å². The molecule has 0 saturated carbocycles. The molecule has 0 aromatic heterocycles. The minimum absolute atomic E-state index is 0.0944. The molecule has 1 heterocycles. The van der Waals surface area contributed by atoms with E-state index in [9.17, 15) is 31.2 Å². The summed E-state index contributed by atoms with van der Waals surface area (Å²) in [4.78, 5) is 24.6. The van der Waals surface area contributed by atoms with Crippen LogP contribution in [-0.2, 0) is 19.6 Å². The van der Waals surface area contributed by atoms with Crippen molar-refractivity contribution in [1.29, 1.82) is 0 Å². The van der Waals surface area contributed by atoms with Crippen LogP contribution in [0.25, 0.3) is 0 Å². The maximum atomic E-state index is 12.9. The molecule has 0 fully saturated rings. The summed E-state index contributed by atoms with van der Waals surface area (Å²) in [6.07, 6.45) is -4.52. The number of carbonyl (C=O) groups excluding carboxylic acids is 2. The number of carbonyl (C=O) groups is 2. The van der Waals surface area contributed by atoms with Gasteiger partial charge in [-0.2, -0.15) is 4.31 Å². The topological polar surface area (TPSA) is 105 Å². The Bertz CT molecular complexity index is 1120. The Labute approximate surface area is 186 Å². The molecule has 0 bridgehead atoms. The number of anilines is 2. The third-order valence-corrected chi connectivity index (χ3v) is 7.13. The average Bonchev–Trinajstić information content (AvgIpc) is 2.88. The number of likely N-dealkylation sites (N-methyl/N-ethyl adjacent to an activating group) is 1. The lowest BCUT2D eigenvalue weighted by Crippen LogP contribution is -2.35. The number of nitrogens with one attached hydrogen (secondary N) is 2. The van der Waals surface area contributed by atoms with Gasteiger partial charge in [-0.05, 0) is 42.5 Å². The fourth-order valence-corrected chi connectivity index (χ4v) is 4.86. The van der Waals surface area contributed by atoms with Crippen molar-refractivity contribution in [2.24, 2.45) is 0 Å². The molecule has 32 heavy (non-hydrogen) atoms. The maximum Gasteiger partial charge on any atom is 0.573 e. The highest BCUT2D eigenvalue weighted by molar-refractivity contribution is 7.99. The summed E-state index contributed by atoms with van der Waals surface area (Å²) in [5.41, 5.74) is 0.553. The molecule has 0 atom stereocenters. The number of benzene rings is 2. The van der Waals surface area contributed by atoms with Crippen LogP contribution >= 0.6 is 11.8 Å². The molecular weight excluding hydrogens is 471 g/mol. The molecule has 1 aliphatic rings. The number of ether oxygens (including phenoxy) is 1. The molecule has 2 aromatic rings. The Morgan fingerprint density at radius 1 is 1.22 bits per heavy atom. The third kappa shape index (κ3) is 6.14. The zero-order valence-corrected chi connectivity index (χ0v) is 18.2. The summed E-state index contributed by atoms with van der Waals surface area (Å²) in [5.74, 6) is -0.790. The zero-order chi connectivity index (χ0) is 23.5. The van der Waals surface area contributed by atoms with Crippen molar-refractivity contribution in [1.82, 2.24) is 4.31 Å². The Balaban J connectivity index is 1.66. The van der Waals surface area contributed by atoms with Crippen LogP contribution in [0.3, 0.4) is 0 Å². The first-order chi connectivity index (χ1) is 14.9. The van der Waals surface area contributed by atoms with E-state index in [1.165, 1.54) is 43.1 Å². The molecule has 0 spiro atoms. The molecule has 2 amide bonds. The van der Waals surface area contributed by atoms with E-state index in [0.717, 1.165) is 21.3 Å². The summed E-state index contributed by atoms with van der Waals surface area (Å²) in [7, 11) is -2.83. The van der Waals surface area contributed by atoms with Crippen molar-refractivity contribution in [2.75, 3.05) is 30.0 Å². The van der Waals surface area contributed by atoms with Gasteiger partial charge in [0.15, 0.2) is 0 Å². The van der Waals surface area contributed by atoms with Crippen LogP contribution in [0.5, 0.6) is 5.75 Å². The normalized spacial score (nSPS) is 14.3. The molecule has 1 aliphatic heterocycles. The highest BCUT2D eigenvalue weighted by atomic mass is 32.2. The van der Waals surface area contributed by atoms with Crippen LogP contribution in [0, 0.1) is 0 Å². The summed E-state index contributed by atoms with van der Waals surface area (Å²) in [6.45, 7) is -0.540. The van der Waals surface area contributed by atoms with Crippen molar-refractivity contribution in [2.45, 2.75) is 22.6 Å². The van der Waals surface area contributed by atoms with Crippen molar-refractivity contribution >= 4 is 45.0 Å². The molecule has 0 unspecified atom stereocenters. The largest absolute Gasteiger partial charge is 0.573 e. The van der Waals surface area contributed by atoms with Crippen molar-refractivity contribution in [3.63, 3.8) is 0 Å². The second-order valence-electron chi connectivity index (χ2n) is 6.69. The predicted octanol–water partition coefficient (Wildman–Crippen LogP) is 3.28. The zero-order valence-electron chi connectivity index (χ0n) is 16.6. The van der Waals surface area contributed by atoms with Crippen molar-refractivity contribution in [3.8, 4) is 5.75 Å². The lowest BCUT2D eigenvalue weighted by Gasteiger charge is -2.18. The van der Waals surface area contributed by atoms with Crippen LogP contribution in [-0.4, -0.2) is 50.2 Å². The van der Waals surface area contributed by atoms with Gasteiger partial charge in [0, 0.05) is 29.8 Å². The second-order valence-corrected chi connectivity index (χ2v) is 9.87. The number of thioether (sulfide) groups is 1. The Hall–Kier alpha value is -2.77. The van der Waals surface area contributed by atoms with Gasteiger partial charge in [0.1, 0.15) is 5.75 Å². The quantitative estimate of drug-likeness (QED) is 0.646. The van der Waals surface area contributed by atoms with E-state index in [0.29, 0.717) is 17.9 Å². The summed E-state index contributed by atoms with van der Waals surface area (Å²) in [5, 5.41) is 5.07. The summed E-state index contributed by atoms with van der Waals surface area (Å²) >= 11 is 1.43. The maximum absolute atomic E-state index is 12.9. The van der Waals surface area contributed by atoms with Crippen molar-refractivity contribution < 1.29 is 35.9 Å². The van der Waals surface area contributed by atoms with Crippen LogP contribution < -0.4 is 15.4 Å². The van der Waals surface area contributed by atoms with Crippen LogP contribution in [0.2, 0.25) is 0 Å². The molecule has 2 N–H and O–H groups in total. The van der Waals surface area contributed by atoms with Gasteiger partial charge >= 0.3 is 6.36 Å². The average molecular weight is 489 g/mol. The molecule has 172 valence electrons. The Morgan fingerprint density at radius 3 is 2.56 bits per heavy atom. The van der Waals surface area contributed by atoms with Crippen molar-refractivity contribution in [3.05, 3.63) is 42.5 Å². The first kappa shape index (κ1) is 23.9. The minimum atomic E-state index is -4.83. The van der Waals surface area contributed by atoms with E-state index in [-0.39, 0.29) is 16.5 Å². The number of hydrogen-bond donors (Lipinski definition) is 2. The third-order valence-electron chi connectivity index (χ3n) is 4.26. The van der Waals surface area contributed by atoms with Crippen LogP contribution in [0.15, 0.2) is 52.3 Å². The van der Waals surface area contributed by atoms with E-state index in [1.807, 2.05) is 0 Å². The highest BCUT2D eigenvalue weighted by Crippen LogP contribution is 2.33. The molecule has 0 radical (unpaired) electrons. The van der Waals surface area contributed by atoms with Gasteiger partial charge in [-0.3, -0.25) is 9.59 Å². The summed E-state index contributed by atoms with van der Waals surface area (Å²) < 4.78 is 66.9. The number of rotatable bonds is 6. The monoisotopic (exact) mass is 489 g/mol. The number of hydrogen-bond acceptors (Lipinski definition) is 6. The molecule has 13 heteroatoms. The Morgan fingerprint density at radius 2 is 1.91 bits per heavy atom. The van der Waals surface area contributed by atoms with Gasteiger partial charge in [0.05, 0.1) is 17.1 Å². The minimum Gasteiger partial charge on any atom is -0.406 e. The second kappa shape index (κ2) is 9.38. The SMILES string of the molecule is CN(CC(=O)Nc1ccc(OC(F)(F)F)cc1)S(=O)(=O)c1ccc2c(c1)NC(=O)CCS2. The number of fused-ring (bicyclic) bond motifs is 1. The fraction of sp³-hybridized carbons (Fsp3) is 0.263. The first-order valence-corrected chi connectivity index (χ1v) is 11.6. The van der Waals surface area contributed by atoms with E-state index < -0.39 is 34.6 Å². The molecule has 0 aliphatic carbocycles. The smallest absolute Gasteiger partial charge is 0.406 e. The predicted molar refractivity (Wildman–Crippen MR) is 112 cm³/mol. The number of sulfonamides is 1. The van der Waals surface area contributed by atoms with Gasteiger partial charge in [0.2, 0.25) is 21.8 Å². The van der Waals surface area contributed by atoms with Crippen LogP contribution in [0.1, 0.15) is 6.42 Å². The van der Waals surface area contributed by atoms with Gasteiger partial charge in [-0.1, -0.05) is 0 Å². The first-order valence-electron chi connectivity index (χ1n) is 9.13. The Kier molecular flexibility index (Phi) is 7.00. The van der Waals surface area contributed by atoms with E-state index in [4.69, 9.17) is 0 Å². The van der Waals surface area contributed by atoms with Gasteiger partial charge in [0.25, 0.3) is 0 Å². The number of halogens is 3. The summed E-state index contributed by atoms with van der Waals surface area (Å²) in [6, 6.07) is 8.76. The lowest BCUT2D eigenvalue weighted by atomic mass is 10.3. The lowest BCUT2D eigenvalue weighted by molar-refractivity contribution is -0.274. The van der Waals surface area contributed by atoms with E-state index in [2.05, 4.69) is 15.4 Å². The van der Waals surface area contributed by atoms with Gasteiger partial charge in [-0.25, -0.2) is 8.42 Å². The number of nitrogens with zero attached hydrogens (tertiary/aromatic N) is 1. The number of amides is 2. The van der Waals surface area contributed by atoms with Crippen LogP contribution in [0.4, 0.5) is 24.5 Å². The van der Waals surface area contributed by atoms with E-state index >= 15 is 0 Å². The number of alkyl halides is 3. The fourth-order valence-electron chi connectivity index (χ4n) is 2.77. The molecule has 8 nitrogen and oxygen atoms in total. The standard InChI is InChI=1S/C19H18F3N3O5S2/c1-25(11-18(27)23-12-2-4-13(5-3-12)30-19(20,21)22)32(28,29)14-6-7-16-15(10-14)24-17(26)8-9-31-16/h2-7,10H,8-9,11H2,1H3,(H,23,27)(H,24,26). The highest BCUT2D eigenvalue weighted by Gasteiger charge is 2.31. The molecular formula is C19H18F3N3O5S2.